The van der Waals surface area contributed by atoms with E-state index in [-0.39, 0.29) is 11.3 Å². The van der Waals surface area contributed by atoms with Crippen LogP contribution in [0.25, 0.3) is 0 Å². The van der Waals surface area contributed by atoms with Crippen LogP contribution in [0.15, 0.2) is 24.3 Å². The number of Topliss-reactive ketones (excluding diaryl/α,β-unsaturated/α-hetero) is 1. The van der Waals surface area contributed by atoms with Crippen LogP contribution in [0.5, 0.6) is 5.75 Å². The first-order valence-electron chi connectivity index (χ1n) is 4.93. The van der Waals surface area contributed by atoms with Crippen LogP contribution >= 0.6 is 0 Å². The minimum atomic E-state index is -5.57. The molecule has 0 aromatic heterocycles. The van der Waals surface area contributed by atoms with E-state index in [0.717, 1.165) is 24.3 Å². The van der Waals surface area contributed by atoms with Gasteiger partial charge in [-0.15, -0.1) is 0 Å². The lowest BCUT2D eigenvalue weighted by Crippen LogP contribution is -2.46. The fourth-order valence-electron chi connectivity index (χ4n) is 1.22. The molecule has 1 aromatic rings. The zero-order chi connectivity index (χ0) is 14.8. The van der Waals surface area contributed by atoms with E-state index in [4.69, 9.17) is 0 Å². The molecule has 0 aliphatic heterocycles. The summed E-state index contributed by atoms with van der Waals surface area (Å²) in [6, 6.07) is 3.92. The molecule has 2 nitrogen and oxygen atoms in total. The van der Waals surface area contributed by atoms with Crippen molar-refractivity contribution >= 4 is 5.78 Å². The Morgan fingerprint density at radius 3 is 1.74 bits per heavy atom. The van der Waals surface area contributed by atoms with Crippen LogP contribution in [0.4, 0.5) is 26.3 Å². The van der Waals surface area contributed by atoms with Crippen LogP contribution in [0.3, 0.4) is 0 Å². The van der Waals surface area contributed by atoms with E-state index >= 15 is 0 Å². The van der Waals surface area contributed by atoms with Crippen molar-refractivity contribution in [1.29, 1.82) is 0 Å². The van der Waals surface area contributed by atoms with Crippen molar-refractivity contribution in [1.82, 2.24) is 0 Å². The van der Waals surface area contributed by atoms with E-state index in [2.05, 4.69) is 4.74 Å². The number of carbonyl (C=O) groups excluding carboxylic acids is 1. The molecule has 0 saturated carbocycles. The standard InChI is InChI=1S/C11H8F6O2/c1-6(18)7-2-4-8(5-3-7)19-9(10(12,13)14)11(15,16)17/h2-5,9H,1H3. The number of carbonyl (C=O) groups is 1. The van der Waals surface area contributed by atoms with Gasteiger partial charge in [-0.25, -0.2) is 0 Å². The maximum Gasteiger partial charge on any atom is 0.434 e. The Morgan fingerprint density at radius 1 is 1.00 bits per heavy atom. The molecule has 0 bridgehead atoms. The van der Waals surface area contributed by atoms with Gasteiger partial charge >= 0.3 is 12.4 Å². The summed E-state index contributed by atoms with van der Waals surface area (Å²) in [4.78, 5) is 10.9. The number of benzene rings is 1. The van der Waals surface area contributed by atoms with Crippen LogP contribution < -0.4 is 4.74 Å². The number of hydrogen-bond donors (Lipinski definition) is 0. The average molecular weight is 286 g/mol. The van der Waals surface area contributed by atoms with E-state index in [1.54, 1.807) is 0 Å². The molecule has 0 aliphatic rings. The summed E-state index contributed by atoms with van der Waals surface area (Å²) in [5.41, 5.74) is 0.155. The number of alkyl halides is 6. The molecule has 0 atom stereocenters. The van der Waals surface area contributed by atoms with Gasteiger partial charge in [0.2, 0.25) is 0 Å². The van der Waals surface area contributed by atoms with Crippen molar-refractivity contribution in [3.05, 3.63) is 29.8 Å². The SMILES string of the molecule is CC(=O)c1ccc(OC(C(F)(F)F)C(F)(F)F)cc1. The van der Waals surface area contributed by atoms with Crippen LogP contribution in [-0.4, -0.2) is 24.2 Å². The van der Waals surface area contributed by atoms with Crippen LogP contribution in [0, 0.1) is 0 Å². The lowest BCUT2D eigenvalue weighted by molar-refractivity contribution is -0.299. The molecule has 8 heteroatoms. The Hall–Kier alpha value is -1.73. The smallest absolute Gasteiger partial charge is 0.434 e. The molecule has 0 amide bonds. The van der Waals surface area contributed by atoms with E-state index in [9.17, 15) is 31.1 Å². The third-order valence-electron chi connectivity index (χ3n) is 2.11. The van der Waals surface area contributed by atoms with Crippen molar-refractivity contribution in [3.8, 4) is 5.75 Å². The van der Waals surface area contributed by atoms with Crippen LogP contribution in [0.1, 0.15) is 17.3 Å². The first kappa shape index (κ1) is 15.3. The fourth-order valence-corrected chi connectivity index (χ4v) is 1.22. The summed E-state index contributed by atoms with van der Waals surface area (Å²) in [5.74, 6) is -0.987. The molecule has 0 radical (unpaired) electrons. The zero-order valence-electron chi connectivity index (χ0n) is 9.47. The van der Waals surface area contributed by atoms with Gasteiger partial charge in [0.1, 0.15) is 5.75 Å². The maximum absolute atomic E-state index is 12.2. The van der Waals surface area contributed by atoms with Gasteiger partial charge in [0.25, 0.3) is 6.10 Å². The maximum atomic E-state index is 12.2. The quantitative estimate of drug-likeness (QED) is 0.624. The lowest BCUT2D eigenvalue weighted by Gasteiger charge is -2.23. The van der Waals surface area contributed by atoms with Gasteiger partial charge in [0.05, 0.1) is 0 Å². The number of rotatable bonds is 3. The molecular weight excluding hydrogens is 278 g/mol. The Kier molecular flexibility index (Phi) is 4.12. The minimum Gasteiger partial charge on any atom is -0.471 e. The zero-order valence-corrected chi connectivity index (χ0v) is 9.47. The second-order valence-electron chi connectivity index (χ2n) is 3.66. The molecular formula is C11H8F6O2. The van der Waals surface area contributed by atoms with E-state index < -0.39 is 24.2 Å². The van der Waals surface area contributed by atoms with E-state index in [0.29, 0.717) is 0 Å². The molecule has 1 aromatic carbocycles. The first-order valence-corrected chi connectivity index (χ1v) is 4.93. The summed E-state index contributed by atoms with van der Waals surface area (Å²) in [6.45, 7) is 1.21. The Balaban J connectivity index is 2.95. The second-order valence-corrected chi connectivity index (χ2v) is 3.66. The highest BCUT2D eigenvalue weighted by molar-refractivity contribution is 5.94. The number of hydrogen-bond acceptors (Lipinski definition) is 2. The van der Waals surface area contributed by atoms with Gasteiger partial charge in [-0.1, -0.05) is 0 Å². The second kappa shape index (κ2) is 5.10. The number of halogens is 6. The van der Waals surface area contributed by atoms with Crippen molar-refractivity contribution in [2.75, 3.05) is 0 Å². The molecule has 0 N–H and O–H groups in total. The Bertz CT molecular complexity index is 432. The average Bonchev–Trinajstić information content (AvgIpc) is 2.23. The third kappa shape index (κ3) is 4.15. The van der Waals surface area contributed by atoms with Crippen molar-refractivity contribution in [2.45, 2.75) is 25.4 Å². The van der Waals surface area contributed by atoms with Crippen molar-refractivity contribution in [3.63, 3.8) is 0 Å². The largest absolute Gasteiger partial charge is 0.471 e. The molecule has 0 fully saturated rings. The Morgan fingerprint density at radius 2 is 1.42 bits per heavy atom. The highest BCUT2D eigenvalue weighted by atomic mass is 19.4. The number of ether oxygens (including phenoxy) is 1. The highest BCUT2D eigenvalue weighted by Crippen LogP contribution is 2.36. The van der Waals surface area contributed by atoms with Gasteiger partial charge < -0.3 is 4.74 Å². The molecule has 0 saturated heterocycles. The van der Waals surface area contributed by atoms with E-state index in [1.807, 2.05) is 0 Å². The van der Waals surface area contributed by atoms with E-state index in [1.165, 1.54) is 6.92 Å². The Labute approximate surface area is 104 Å². The summed E-state index contributed by atoms with van der Waals surface area (Å²) < 4.78 is 77.2. The molecule has 0 unspecified atom stereocenters. The molecule has 1 rings (SSSR count). The van der Waals surface area contributed by atoms with Crippen molar-refractivity contribution in [2.24, 2.45) is 0 Å². The molecule has 0 aliphatic carbocycles. The highest BCUT2D eigenvalue weighted by Gasteiger charge is 2.59. The molecule has 106 valence electrons. The van der Waals surface area contributed by atoms with Crippen LogP contribution in [0.2, 0.25) is 0 Å². The summed E-state index contributed by atoms with van der Waals surface area (Å²) in [7, 11) is 0. The topological polar surface area (TPSA) is 26.3 Å². The summed E-state index contributed by atoms with van der Waals surface area (Å²) >= 11 is 0. The predicted molar refractivity (Wildman–Crippen MR) is 53.0 cm³/mol. The van der Waals surface area contributed by atoms with Gasteiger partial charge in [0, 0.05) is 5.56 Å². The normalized spacial score (nSPS) is 12.6. The monoisotopic (exact) mass is 286 g/mol. The van der Waals surface area contributed by atoms with Gasteiger partial charge in [-0.3, -0.25) is 4.79 Å². The molecule has 0 heterocycles. The minimum absolute atomic E-state index is 0.155. The van der Waals surface area contributed by atoms with Gasteiger partial charge in [-0.2, -0.15) is 26.3 Å². The predicted octanol–water partition coefficient (Wildman–Crippen LogP) is 3.76. The fraction of sp³-hybridized carbons (Fsp3) is 0.364. The van der Waals surface area contributed by atoms with Gasteiger partial charge in [-0.05, 0) is 31.2 Å². The third-order valence-corrected chi connectivity index (χ3v) is 2.11. The first-order chi connectivity index (χ1) is 8.51. The number of ketones is 1. The van der Waals surface area contributed by atoms with Gasteiger partial charge in [0.15, 0.2) is 5.78 Å². The van der Waals surface area contributed by atoms with Crippen molar-refractivity contribution < 1.29 is 35.9 Å². The lowest BCUT2D eigenvalue weighted by atomic mass is 10.1. The molecule has 19 heavy (non-hydrogen) atoms. The summed E-state index contributed by atoms with van der Waals surface area (Å²) in [5, 5.41) is 0. The summed E-state index contributed by atoms with van der Waals surface area (Å²) in [6.07, 6.45) is -15.0. The molecule has 0 spiro atoms. The van der Waals surface area contributed by atoms with Crippen LogP contribution in [-0.2, 0) is 0 Å².